The van der Waals surface area contributed by atoms with Gasteiger partial charge in [-0.25, -0.2) is 4.79 Å². The van der Waals surface area contributed by atoms with Crippen LogP contribution in [0.25, 0.3) is 0 Å². The molecule has 5 nitrogen and oxygen atoms in total. The third kappa shape index (κ3) is 5.13. The van der Waals surface area contributed by atoms with Crippen LogP contribution in [0.5, 0.6) is 0 Å². The summed E-state index contributed by atoms with van der Waals surface area (Å²) < 4.78 is 5.47. The summed E-state index contributed by atoms with van der Waals surface area (Å²) in [5, 5.41) is 3.15. The van der Waals surface area contributed by atoms with Gasteiger partial charge in [-0.2, -0.15) is 0 Å². The fourth-order valence-electron chi connectivity index (χ4n) is 2.21. The maximum atomic E-state index is 12.7. The van der Waals surface area contributed by atoms with Crippen molar-refractivity contribution in [3.05, 3.63) is 63.6 Å². The molecule has 0 aliphatic carbocycles. The number of anilines is 1. The molecular formula is C19H20Cl2N2O3. The number of hydrogen-bond acceptors (Lipinski definition) is 4. The Labute approximate surface area is 162 Å². The minimum absolute atomic E-state index is 0.178. The van der Waals surface area contributed by atoms with Gasteiger partial charge in [0.25, 0.3) is 5.91 Å². The Morgan fingerprint density at radius 2 is 1.62 bits per heavy atom. The van der Waals surface area contributed by atoms with Gasteiger partial charge >= 0.3 is 5.97 Å². The highest BCUT2D eigenvalue weighted by Gasteiger charge is 2.29. The van der Waals surface area contributed by atoms with Crippen LogP contribution in [0.3, 0.4) is 0 Å². The SMILES string of the molecule is CC(C)(C)NC(=O)C(OC(=O)c1ccccc1)c1cc(Cl)c(N)c(Cl)c1. The van der Waals surface area contributed by atoms with Crippen molar-refractivity contribution < 1.29 is 14.3 Å². The number of esters is 1. The van der Waals surface area contributed by atoms with Crippen LogP contribution in [-0.2, 0) is 9.53 Å². The molecule has 0 aromatic heterocycles. The molecule has 0 fully saturated rings. The third-order valence-corrected chi connectivity index (χ3v) is 4.00. The number of benzene rings is 2. The molecule has 0 saturated carbocycles. The summed E-state index contributed by atoms with van der Waals surface area (Å²) in [6.45, 7) is 5.47. The van der Waals surface area contributed by atoms with Crippen LogP contribution in [0.1, 0.15) is 42.8 Å². The van der Waals surface area contributed by atoms with Gasteiger partial charge in [0.05, 0.1) is 21.3 Å². The fourth-order valence-corrected chi connectivity index (χ4v) is 2.72. The predicted octanol–water partition coefficient (Wildman–Crippen LogP) is 4.39. The number of nitrogen functional groups attached to an aromatic ring is 1. The molecule has 0 aliphatic heterocycles. The van der Waals surface area contributed by atoms with Crippen LogP contribution in [0.4, 0.5) is 5.69 Å². The van der Waals surface area contributed by atoms with Crippen molar-refractivity contribution in [2.75, 3.05) is 5.73 Å². The normalized spacial score (nSPS) is 12.3. The van der Waals surface area contributed by atoms with Crippen molar-refractivity contribution in [2.24, 2.45) is 0 Å². The number of hydrogen-bond donors (Lipinski definition) is 2. The van der Waals surface area contributed by atoms with E-state index in [1.165, 1.54) is 12.1 Å². The summed E-state index contributed by atoms with van der Waals surface area (Å²) in [6, 6.07) is 11.3. The van der Waals surface area contributed by atoms with E-state index < -0.39 is 23.5 Å². The topological polar surface area (TPSA) is 81.4 Å². The van der Waals surface area contributed by atoms with E-state index in [9.17, 15) is 9.59 Å². The van der Waals surface area contributed by atoms with Gasteiger partial charge in [-0.1, -0.05) is 41.4 Å². The predicted molar refractivity (Wildman–Crippen MR) is 103 cm³/mol. The summed E-state index contributed by atoms with van der Waals surface area (Å²) in [4.78, 5) is 25.2. The van der Waals surface area contributed by atoms with Gasteiger partial charge in [0.1, 0.15) is 0 Å². The highest BCUT2D eigenvalue weighted by molar-refractivity contribution is 6.39. The van der Waals surface area contributed by atoms with E-state index in [0.717, 1.165) is 0 Å². The third-order valence-electron chi connectivity index (χ3n) is 3.37. The summed E-state index contributed by atoms with van der Waals surface area (Å²) in [7, 11) is 0. The van der Waals surface area contributed by atoms with Crippen molar-refractivity contribution in [3.63, 3.8) is 0 Å². The minimum Gasteiger partial charge on any atom is -0.444 e. The smallest absolute Gasteiger partial charge is 0.339 e. The van der Waals surface area contributed by atoms with Crippen molar-refractivity contribution >= 4 is 40.8 Å². The zero-order valence-corrected chi connectivity index (χ0v) is 16.2. The van der Waals surface area contributed by atoms with Crippen LogP contribution in [0, 0.1) is 0 Å². The molecule has 1 atom stereocenters. The Morgan fingerprint density at radius 1 is 1.08 bits per heavy atom. The first-order valence-electron chi connectivity index (χ1n) is 7.91. The number of amides is 1. The highest BCUT2D eigenvalue weighted by atomic mass is 35.5. The molecule has 138 valence electrons. The monoisotopic (exact) mass is 394 g/mol. The second-order valence-electron chi connectivity index (χ2n) is 6.79. The molecule has 2 aromatic carbocycles. The van der Waals surface area contributed by atoms with E-state index in [1.54, 1.807) is 30.3 Å². The van der Waals surface area contributed by atoms with Crippen LogP contribution >= 0.6 is 23.2 Å². The molecule has 3 N–H and O–H groups in total. The Bertz CT molecular complexity index is 794. The van der Waals surface area contributed by atoms with Crippen LogP contribution in [0.2, 0.25) is 10.0 Å². The summed E-state index contributed by atoms with van der Waals surface area (Å²) >= 11 is 12.1. The molecule has 0 aliphatic rings. The molecule has 2 rings (SSSR count). The summed E-state index contributed by atoms with van der Waals surface area (Å²) in [6.07, 6.45) is -1.22. The van der Waals surface area contributed by atoms with Gasteiger partial charge in [0.15, 0.2) is 0 Å². The molecule has 7 heteroatoms. The van der Waals surface area contributed by atoms with E-state index in [1.807, 2.05) is 20.8 Å². The van der Waals surface area contributed by atoms with Crippen molar-refractivity contribution in [2.45, 2.75) is 32.4 Å². The molecular weight excluding hydrogens is 375 g/mol. The first kappa shape index (κ1) is 20.1. The zero-order valence-electron chi connectivity index (χ0n) is 14.7. The second kappa shape index (κ2) is 7.98. The zero-order chi connectivity index (χ0) is 19.5. The fraction of sp³-hybridized carbons (Fsp3) is 0.263. The largest absolute Gasteiger partial charge is 0.444 e. The molecule has 0 radical (unpaired) electrons. The average Bonchev–Trinajstić information content (AvgIpc) is 2.56. The number of nitrogens with one attached hydrogen (secondary N) is 1. The second-order valence-corrected chi connectivity index (χ2v) is 7.60. The lowest BCUT2D eigenvalue weighted by molar-refractivity contribution is -0.131. The van der Waals surface area contributed by atoms with Gasteiger partial charge in [-0.15, -0.1) is 0 Å². The molecule has 0 bridgehead atoms. The lowest BCUT2D eigenvalue weighted by Gasteiger charge is -2.25. The van der Waals surface area contributed by atoms with E-state index in [0.29, 0.717) is 11.1 Å². The van der Waals surface area contributed by atoms with Crippen molar-refractivity contribution in [1.82, 2.24) is 5.32 Å². The number of ether oxygens (including phenoxy) is 1. The molecule has 0 saturated heterocycles. The molecule has 2 aromatic rings. The van der Waals surface area contributed by atoms with Gasteiger partial charge in [0, 0.05) is 11.1 Å². The van der Waals surface area contributed by atoms with E-state index in [-0.39, 0.29) is 15.7 Å². The lowest BCUT2D eigenvalue weighted by Crippen LogP contribution is -2.44. The van der Waals surface area contributed by atoms with Crippen molar-refractivity contribution in [1.29, 1.82) is 0 Å². The number of nitrogens with two attached hydrogens (primary N) is 1. The Kier molecular flexibility index (Phi) is 6.16. The van der Waals surface area contributed by atoms with E-state index in [4.69, 9.17) is 33.7 Å². The van der Waals surface area contributed by atoms with Crippen LogP contribution in [-0.4, -0.2) is 17.4 Å². The minimum atomic E-state index is -1.22. The molecule has 1 unspecified atom stereocenters. The average molecular weight is 395 g/mol. The molecule has 26 heavy (non-hydrogen) atoms. The van der Waals surface area contributed by atoms with Crippen molar-refractivity contribution in [3.8, 4) is 0 Å². The standard InChI is InChI=1S/C19H20Cl2N2O3/c1-19(2,3)23-17(24)16(12-9-13(20)15(22)14(21)10-12)26-18(25)11-7-5-4-6-8-11/h4-10,16H,22H2,1-3H3,(H,23,24). The molecule has 0 spiro atoms. The number of halogens is 2. The first-order valence-corrected chi connectivity index (χ1v) is 8.66. The van der Waals surface area contributed by atoms with Crippen LogP contribution in [0.15, 0.2) is 42.5 Å². The molecule has 0 heterocycles. The lowest BCUT2D eigenvalue weighted by atomic mass is 10.0. The van der Waals surface area contributed by atoms with Gasteiger partial charge < -0.3 is 15.8 Å². The number of carbonyl (C=O) groups is 2. The number of carbonyl (C=O) groups excluding carboxylic acids is 2. The summed E-state index contributed by atoms with van der Waals surface area (Å²) in [5.41, 5.74) is 6.09. The van der Waals surface area contributed by atoms with E-state index >= 15 is 0 Å². The Hall–Kier alpha value is -2.24. The van der Waals surface area contributed by atoms with Gasteiger partial charge in [-0.05, 0) is 45.0 Å². The molecule has 1 amide bonds. The summed E-state index contributed by atoms with van der Waals surface area (Å²) in [5.74, 6) is -1.12. The van der Waals surface area contributed by atoms with Crippen LogP contribution < -0.4 is 11.1 Å². The highest BCUT2D eigenvalue weighted by Crippen LogP contribution is 2.33. The van der Waals surface area contributed by atoms with Gasteiger partial charge in [0.2, 0.25) is 6.10 Å². The quantitative estimate of drug-likeness (QED) is 0.594. The first-order chi connectivity index (χ1) is 12.1. The maximum absolute atomic E-state index is 12.7. The number of rotatable bonds is 4. The van der Waals surface area contributed by atoms with Gasteiger partial charge in [-0.3, -0.25) is 4.79 Å². The Balaban J connectivity index is 2.39. The Morgan fingerprint density at radius 3 is 2.12 bits per heavy atom. The van der Waals surface area contributed by atoms with E-state index in [2.05, 4.69) is 5.32 Å². The maximum Gasteiger partial charge on any atom is 0.339 e.